The van der Waals surface area contributed by atoms with Crippen LogP contribution < -0.4 is 10.5 Å². The van der Waals surface area contributed by atoms with E-state index in [2.05, 4.69) is 16.5 Å². The van der Waals surface area contributed by atoms with E-state index >= 15 is 0 Å². The van der Waals surface area contributed by atoms with Gasteiger partial charge >= 0.3 is 0 Å². The molecule has 0 saturated carbocycles. The lowest BCUT2D eigenvalue weighted by Gasteiger charge is -2.22. The molecule has 1 aromatic carbocycles. The monoisotopic (exact) mass is 331 g/mol. The van der Waals surface area contributed by atoms with Gasteiger partial charge in [-0.05, 0) is 43.6 Å². The summed E-state index contributed by atoms with van der Waals surface area (Å²) in [5, 5.41) is 0.386. The van der Waals surface area contributed by atoms with E-state index in [-0.39, 0.29) is 10.9 Å². The number of nitrogens with one attached hydrogen (secondary N) is 1. The number of nitrogens with two attached hydrogens (primary N) is 1. The Morgan fingerprint density at radius 1 is 1.48 bits per heavy atom. The van der Waals surface area contributed by atoms with E-state index in [4.69, 9.17) is 17.3 Å². The van der Waals surface area contributed by atoms with Gasteiger partial charge in [0.15, 0.2) is 0 Å². The van der Waals surface area contributed by atoms with Crippen LogP contribution in [0.2, 0.25) is 5.02 Å². The first-order valence-corrected chi connectivity index (χ1v) is 9.06. The Morgan fingerprint density at radius 3 is 2.86 bits per heavy atom. The summed E-state index contributed by atoms with van der Waals surface area (Å²) in [5.41, 5.74) is 6.27. The maximum atomic E-state index is 12.3. The molecule has 118 valence electrons. The van der Waals surface area contributed by atoms with Crippen LogP contribution in [0.25, 0.3) is 0 Å². The normalized spacial score (nSPS) is 20.0. The van der Waals surface area contributed by atoms with Crippen molar-refractivity contribution < 1.29 is 8.42 Å². The number of sulfonamides is 1. The van der Waals surface area contributed by atoms with Crippen molar-refractivity contribution in [1.82, 2.24) is 9.62 Å². The highest BCUT2D eigenvalue weighted by atomic mass is 35.5. The molecule has 2 rings (SSSR count). The SMILES string of the molecule is CCN1CCCC1CNS(=O)(=O)c1ccc(CN)c(Cl)c1. The highest BCUT2D eigenvalue weighted by Crippen LogP contribution is 2.21. The van der Waals surface area contributed by atoms with Gasteiger partial charge in [0.05, 0.1) is 4.90 Å². The largest absolute Gasteiger partial charge is 0.326 e. The molecule has 1 atom stereocenters. The van der Waals surface area contributed by atoms with Gasteiger partial charge < -0.3 is 5.73 Å². The molecule has 21 heavy (non-hydrogen) atoms. The second-order valence-corrected chi connectivity index (χ2v) is 7.41. The van der Waals surface area contributed by atoms with E-state index in [0.29, 0.717) is 18.1 Å². The van der Waals surface area contributed by atoms with Crippen molar-refractivity contribution in [1.29, 1.82) is 0 Å². The molecular weight excluding hydrogens is 310 g/mol. The second kappa shape index (κ2) is 7.07. The molecule has 1 aliphatic heterocycles. The first-order valence-electron chi connectivity index (χ1n) is 7.20. The molecule has 0 aromatic heterocycles. The van der Waals surface area contributed by atoms with Crippen LogP contribution in [0, 0.1) is 0 Å². The van der Waals surface area contributed by atoms with Gasteiger partial charge in [0.1, 0.15) is 0 Å². The molecule has 1 unspecified atom stereocenters. The Labute approximate surface area is 131 Å². The average Bonchev–Trinajstić information content (AvgIpc) is 2.92. The number of rotatable bonds is 6. The third-order valence-corrected chi connectivity index (χ3v) is 5.74. The van der Waals surface area contributed by atoms with Gasteiger partial charge in [0.25, 0.3) is 0 Å². The molecule has 1 aliphatic rings. The first kappa shape index (κ1) is 16.7. The van der Waals surface area contributed by atoms with Crippen molar-refractivity contribution in [2.24, 2.45) is 5.73 Å². The van der Waals surface area contributed by atoms with Gasteiger partial charge in [-0.3, -0.25) is 4.90 Å². The zero-order valence-corrected chi connectivity index (χ0v) is 13.8. The van der Waals surface area contributed by atoms with Gasteiger partial charge in [-0.25, -0.2) is 13.1 Å². The van der Waals surface area contributed by atoms with E-state index in [1.54, 1.807) is 12.1 Å². The van der Waals surface area contributed by atoms with Crippen LogP contribution in [-0.4, -0.2) is 39.0 Å². The molecule has 1 fully saturated rings. The maximum absolute atomic E-state index is 12.3. The third-order valence-electron chi connectivity index (χ3n) is 3.97. The topological polar surface area (TPSA) is 75.4 Å². The molecule has 1 saturated heterocycles. The molecule has 0 bridgehead atoms. The summed E-state index contributed by atoms with van der Waals surface area (Å²) >= 11 is 6.03. The molecule has 0 aliphatic carbocycles. The molecule has 3 N–H and O–H groups in total. The summed E-state index contributed by atoms with van der Waals surface area (Å²) in [4.78, 5) is 2.48. The van der Waals surface area contributed by atoms with E-state index in [9.17, 15) is 8.42 Å². The summed E-state index contributed by atoms with van der Waals surface area (Å²) < 4.78 is 27.3. The number of benzene rings is 1. The van der Waals surface area contributed by atoms with E-state index in [1.807, 2.05) is 0 Å². The van der Waals surface area contributed by atoms with Gasteiger partial charge in [0, 0.05) is 24.2 Å². The summed E-state index contributed by atoms with van der Waals surface area (Å²) in [7, 11) is -3.53. The smallest absolute Gasteiger partial charge is 0.240 e. The quantitative estimate of drug-likeness (QED) is 0.829. The summed E-state index contributed by atoms with van der Waals surface area (Å²) in [6.45, 7) is 4.81. The number of nitrogens with zero attached hydrogens (tertiary/aromatic N) is 1. The number of hydrogen-bond acceptors (Lipinski definition) is 4. The fraction of sp³-hybridized carbons (Fsp3) is 0.571. The third kappa shape index (κ3) is 3.96. The standard InChI is InChI=1S/C14H22ClN3O2S/c1-2-18-7-3-4-12(18)10-17-21(19,20)13-6-5-11(9-16)14(15)8-13/h5-6,8,12,17H,2-4,7,9-10,16H2,1H3. The Bertz CT molecular complexity index is 592. The van der Waals surface area contributed by atoms with Crippen LogP contribution in [0.1, 0.15) is 25.3 Å². The summed E-state index contributed by atoms with van der Waals surface area (Å²) in [6.07, 6.45) is 2.15. The number of halogens is 1. The van der Waals surface area contributed by atoms with Crippen molar-refractivity contribution in [2.45, 2.75) is 37.2 Å². The molecule has 0 spiro atoms. The van der Waals surface area contributed by atoms with Crippen LogP contribution in [0.3, 0.4) is 0 Å². The number of likely N-dealkylation sites (tertiary alicyclic amines) is 1. The van der Waals surface area contributed by atoms with Crippen molar-refractivity contribution in [3.8, 4) is 0 Å². The zero-order valence-electron chi connectivity index (χ0n) is 12.2. The van der Waals surface area contributed by atoms with E-state index in [1.165, 1.54) is 6.07 Å². The van der Waals surface area contributed by atoms with Crippen LogP contribution in [0.15, 0.2) is 23.1 Å². The summed E-state index contributed by atoms with van der Waals surface area (Å²) in [6, 6.07) is 4.94. The fourth-order valence-corrected chi connectivity index (χ4v) is 4.11. The molecule has 5 nitrogen and oxygen atoms in total. The van der Waals surface area contributed by atoms with Gasteiger partial charge in [0.2, 0.25) is 10.0 Å². The molecule has 7 heteroatoms. The lowest BCUT2D eigenvalue weighted by atomic mass is 10.2. The van der Waals surface area contributed by atoms with Crippen molar-refractivity contribution in [3.05, 3.63) is 28.8 Å². The minimum atomic E-state index is -3.53. The van der Waals surface area contributed by atoms with Crippen molar-refractivity contribution in [2.75, 3.05) is 19.6 Å². The minimum absolute atomic E-state index is 0.186. The Hall–Kier alpha value is -0.660. The predicted octanol–water partition coefficient (Wildman–Crippen LogP) is 1.56. The van der Waals surface area contributed by atoms with Crippen LogP contribution in [0.5, 0.6) is 0 Å². The van der Waals surface area contributed by atoms with Crippen LogP contribution in [0.4, 0.5) is 0 Å². The Morgan fingerprint density at radius 2 is 2.24 bits per heavy atom. The number of likely N-dealkylation sites (N-methyl/N-ethyl adjacent to an activating group) is 1. The van der Waals surface area contributed by atoms with E-state index in [0.717, 1.165) is 31.5 Å². The van der Waals surface area contributed by atoms with Gasteiger partial charge in [-0.2, -0.15) is 0 Å². The molecule has 1 heterocycles. The lowest BCUT2D eigenvalue weighted by molar-refractivity contribution is 0.268. The average molecular weight is 332 g/mol. The van der Waals surface area contributed by atoms with Gasteiger partial charge in [-0.1, -0.05) is 24.6 Å². The molecule has 0 radical (unpaired) electrons. The highest BCUT2D eigenvalue weighted by molar-refractivity contribution is 7.89. The van der Waals surface area contributed by atoms with Crippen molar-refractivity contribution in [3.63, 3.8) is 0 Å². The molecular formula is C14H22ClN3O2S. The van der Waals surface area contributed by atoms with Crippen LogP contribution in [-0.2, 0) is 16.6 Å². The predicted molar refractivity (Wildman–Crippen MR) is 84.8 cm³/mol. The Balaban J connectivity index is 2.06. The maximum Gasteiger partial charge on any atom is 0.240 e. The van der Waals surface area contributed by atoms with Gasteiger partial charge in [-0.15, -0.1) is 0 Å². The molecule has 0 amide bonds. The highest BCUT2D eigenvalue weighted by Gasteiger charge is 2.25. The zero-order chi connectivity index (χ0) is 15.5. The molecule has 1 aromatic rings. The minimum Gasteiger partial charge on any atom is -0.326 e. The number of hydrogen-bond donors (Lipinski definition) is 2. The first-order chi connectivity index (χ1) is 9.97. The van der Waals surface area contributed by atoms with E-state index < -0.39 is 10.0 Å². The lowest BCUT2D eigenvalue weighted by Crippen LogP contribution is -2.40. The van der Waals surface area contributed by atoms with Crippen LogP contribution >= 0.6 is 11.6 Å². The second-order valence-electron chi connectivity index (χ2n) is 5.23. The summed E-state index contributed by atoms with van der Waals surface area (Å²) in [5.74, 6) is 0. The van der Waals surface area contributed by atoms with Crippen molar-refractivity contribution >= 4 is 21.6 Å². The fourth-order valence-electron chi connectivity index (χ4n) is 2.69. The Kier molecular flexibility index (Phi) is 5.62.